The number of benzene rings is 2. The van der Waals surface area contributed by atoms with Crippen molar-refractivity contribution < 1.29 is 19.1 Å². The highest BCUT2D eigenvalue weighted by Gasteiger charge is 2.32. The number of hydrogen-bond acceptors (Lipinski definition) is 3. The van der Waals surface area contributed by atoms with Gasteiger partial charge in [-0.2, -0.15) is 0 Å². The molecule has 35 heavy (non-hydrogen) atoms. The Morgan fingerprint density at radius 3 is 1.94 bits per heavy atom. The summed E-state index contributed by atoms with van der Waals surface area (Å²) in [6, 6.07) is 16.9. The molecule has 4 nitrogen and oxygen atoms in total. The molecule has 194 valence electrons. The van der Waals surface area contributed by atoms with Crippen molar-refractivity contribution in [2.45, 2.75) is 84.8 Å². The van der Waals surface area contributed by atoms with Crippen LogP contribution in [0.3, 0.4) is 0 Å². The number of quaternary nitrogens is 1. The molecule has 0 radical (unpaired) electrons. The third kappa shape index (κ3) is 8.54. The van der Waals surface area contributed by atoms with Crippen molar-refractivity contribution in [3.8, 4) is 11.5 Å². The lowest BCUT2D eigenvalue weighted by molar-refractivity contribution is -0.942. The summed E-state index contributed by atoms with van der Waals surface area (Å²) in [6.07, 6.45) is 5.63. The van der Waals surface area contributed by atoms with Crippen molar-refractivity contribution in [1.82, 2.24) is 0 Å². The van der Waals surface area contributed by atoms with Crippen LogP contribution in [-0.4, -0.2) is 49.0 Å². The third-order valence-corrected chi connectivity index (χ3v) is 7.34. The minimum Gasteiger partial charge on any atom is -0.497 e. The summed E-state index contributed by atoms with van der Waals surface area (Å²) in [5.74, 6) is 1.72. The quantitative estimate of drug-likeness (QED) is 0.381. The van der Waals surface area contributed by atoms with Gasteiger partial charge in [-0.25, -0.2) is 0 Å². The Balaban J connectivity index is 1.61. The van der Waals surface area contributed by atoms with Crippen LogP contribution >= 0.6 is 0 Å². The molecule has 1 atom stereocenters. The summed E-state index contributed by atoms with van der Waals surface area (Å²) >= 11 is 0. The number of ether oxygens (including phenoxy) is 2. The van der Waals surface area contributed by atoms with Crippen LogP contribution in [0.15, 0.2) is 48.5 Å². The van der Waals surface area contributed by atoms with Gasteiger partial charge in [0.25, 0.3) is 0 Å². The van der Waals surface area contributed by atoms with Crippen LogP contribution in [0.4, 0.5) is 0 Å². The number of hydrogen-bond donors (Lipinski definition) is 1. The highest BCUT2D eigenvalue weighted by atomic mass is 16.5. The summed E-state index contributed by atoms with van der Waals surface area (Å²) in [6.45, 7) is 15.7. The van der Waals surface area contributed by atoms with Gasteiger partial charge in [-0.15, -0.1) is 0 Å². The van der Waals surface area contributed by atoms with Gasteiger partial charge in [0.1, 0.15) is 37.3 Å². The van der Waals surface area contributed by atoms with E-state index in [1.54, 1.807) is 7.11 Å². The van der Waals surface area contributed by atoms with Crippen LogP contribution in [0.5, 0.6) is 11.5 Å². The summed E-state index contributed by atoms with van der Waals surface area (Å²) in [7, 11) is 1.70. The second-order valence-electron chi connectivity index (χ2n) is 12.5. The van der Waals surface area contributed by atoms with E-state index in [1.807, 2.05) is 12.1 Å². The first-order valence-electron chi connectivity index (χ1n) is 13.4. The Morgan fingerprint density at radius 1 is 0.829 bits per heavy atom. The first-order valence-corrected chi connectivity index (χ1v) is 13.4. The summed E-state index contributed by atoms with van der Waals surface area (Å²) in [5, 5.41) is 11.0. The molecular weight excluding hydrogens is 434 g/mol. The van der Waals surface area contributed by atoms with E-state index in [4.69, 9.17) is 9.47 Å². The number of nitrogens with zero attached hydrogens (tertiary/aromatic N) is 1. The SMILES string of the molecule is COc1ccc(C[N+]2(C[C@@H](O)COc3ccc(C(C)(C)CC(C)(C)C)cc3)CCCCCC2)cc1. The van der Waals surface area contributed by atoms with Gasteiger partial charge in [-0.1, -0.05) is 46.8 Å². The maximum absolute atomic E-state index is 11.0. The van der Waals surface area contributed by atoms with E-state index >= 15 is 0 Å². The molecule has 4 heteroatoms. The zero-order valence-corrected chi connectivity index (χ0v) is 23.0. The molecule has 0 amide bonds. The molecule has 0 aliphatic carbocycles. The average Bonchev–Trinajstić information content (AvgIpc) is 3.02. The van der Waals surface area contributed by atoms with Crippen LogP contribution in [0.25, 0.3) is 0 Å². The van der Waals surface area contributed by atoms with Gasteiger partial charge in [0.2, 0.25) is 0 Å². The van der Waals surface area contributed by atoms with Crippen molar-refractivity contribution in [3.05, 3.63) is 59.7 Å². The lowest BCUT2D eigenvalue weighted by Gasteiger charge is -2.39. The van der Waals surface area contributed by atoms with Gasteiger partial charge >= 0.3 is 0 Å². The monoisotopic (exact) mass is 482 g/mol. The minimum absolute atomic E-state index is 0.112. The van der Waals surface area contributed by atoms with E-state index in [1.165, 1.54) is 36.8 Å². The second kappa shape index (κ2) is 11.8. The smallest absolute Gasteiger partial charge is 0.137 e. The fourth-order valence-electron chi connectivity index (χ4n) is 6.01. The zero-order valence-electron chi connectivity index (χ0n) is 23.0. The van der Waals surface area contributed by atoms with Gasteiger partial charge in [0, 0.05) is 5.56 Å². The van der Waals surface area contributed by atoms with E-state index in [0.717, 1.165) is 48.6 Å². The molecule has 0 bridgehead atoms. The molecule has 1 N–H and O–H groups in total. The fourth-order valence-corrected chi connectivity index (χ4v) is 6.01. The maximum Gasteiger partial charge on any atom is 0.137 e. The van der Waals surface area contributed by atoms with Crippen LogP contribution < -0.4 is 9.47 Å². The van der Waals surface area contributed by atoms with Crippen molar-refractivity contribution in [1.29, 1.82) is 0 Å². The summed E-state index contributed by atoms with van der Waals surface area (Å²) in [4.78, 5) is 0. The average molecular weight is 483 g/mol. The maximum atomic E-state index is 11.0. The van der Waals surface area contributed by atoms with Crippen LogP contribution in [0.1, 0.15) is 77.8 Å². The zero-order chi connectivity index (χ0) is 25.5. The Labute approximate surface area is 213 Å². The Hall–Kier alpha value is -2.04. The van der Waals surface area contributed by atoms with Gasteiger partial charge in [0.15, 0.2) is 0 Å². The Kier molecular flexibility index (Phi) is 9.28. The number of likely N-dealkylation sites (tertiary alicyclic amines) is 1. The summed E-state index contributed by atoms with van der Waals surface area (Å²) in [5.41, 5.74) is 3.02. The number of methoxy groups -OCH3 is 1. The lowest BCUT2D eigenvalue weighted by atomic mass is 9.72. The second-order valence-corrected chi connectivity index (χ2v) is 12.5. The molecule has 0 spiro atoms. The number of aliphatic hydroxyl groups excluding tert-OH is 1. The standard InChI is InChI=1S/C31H48NO3/c1-30(2,3)24-31(4,5)26-13-17-29(18-14-26)35-23-27(33)22-32(19-9-7-8-10-20-32)21-25-11-15-28(34-6)16-12-25/h11-18,27,33H,7-10,19-24H2,1-6H3/q+1/t27-/m1/s1. The highest BCUT2D eigenvalue weighted by Crippen LogP contribution is 2.36. The molecule has 1 heterocycles. The molecule has 1 aliphatic rings. The van der Waals surface area contributed by atoms with Gasteiger partial charge in [-0.3, -0.25) is 0 Å². The van der Waals surface area contributed by atoms with Crippen LogP contribution in [0, 0.1) is 5.41 Å². The molecule has 1 fully saturated rings. The molecular formula is C31H48NO3+. The predicted molar refractivity (Wildman–Crippen MR) is 145 cm³/mol. The fraction of sp³-hybridized carbons (Fsp3) is 0.613. The van der Waals surface area contributed by atoms with Gasteiger partial charge in [0.05, 0.1) is 20.2 Å². The van der Waals surface area contributed by atoms with Crippen molar-refractivity contribution in [2.24, 2.45) is 5.41 Å². The van der Waals surface area contributed by atoms with E-state index in [2.05, 4.69) is 71.0 Å². The summed E-state index contributed by atoms with van der Waals surface area (Å²) < 4.78 is 12.3. The number of aliphatic hydroxyl groups is 1. The Bertz CT molecular complexity index is 888. The predicted octanol–water partition coefficient (Wildman–Crippen LogP) is 6.74. The molecule has 3 rings (SSSR count). The molecule has 2 aromatic carbocycles. The van der Waals surface area contributed by atoms with E-state index in [9.17, 15) is 5.11 Å². The van der Waals surface area contributed by atoms with Crippen LogP contribution in [-0.2, 0) is 12.0 Å². The van der Waals surface area contributed by atoms with E-state index < -0.39 is 6.10 Å². The molecule has 1 saturated heterocycles. The molecule has 0 aromatic heterocycles. The van der Waals surface area contributed by atoms with Gasteiger partial charge < -0.3 is 19.1 Å². The number of rotatable bonds is 10. The van der Waals surface area contributed by atoms with Crippen LogP contribution in [0.2, 0.25) is 0 Å². The van der Waals surface area contributed by atoms with Crippen molar-refractivity contribution in [3.63, 3.8) is 0 Å². The van der Waals surface area contributed by atoms with Crippen molar-refractivity contribution >= 4 is 0 Å². The molecule has 0 saturated carbocycles. The van der Waals surface area contributed by atoms with E-state index in [0.29, 0.717) is 6.61 Å². The molecule has 0 unspecified atom stereocenters. The minimum atomic E-state index is -0.497. The largest absolute Gasteiger partial charge is 0.497 e. The topological polar surface area (TPSA) is 38.7 Å². The van der Waals surface area contributed by atoms with E-state index in [-0.39, 0.29) is 10.8 Å². The van der Waals surface area contributed by atoms with Crippen molar-refractivity contribution in [2.75, 3.05) is 33.4 Å². The third-order valence-electron chi connectivity index (χ3n) is 7.34. The molecule has 2 aromatic rings. The van der Waals surface area contributed by atoms with Gasteiger partial charge in [-0.05, 0) is 84.9 Å². The first-order chi connectivity index (χ1) is 16.5. The first kappa shape index (κ1) is 27.5. The lowest BCUT2D eigenvalue weighted by Crippen LogP contribution is -2.53. The normalized spacial score (nSPS) is 17.5. The highest BCUT2D eigenvalue weighted by molar-refractivity contribution is 5.32. The molecule has 1 aliphatic heterocycles. The Morgan fingerprint density at radius 2 is 1.40 bits per heavy atom.